The van der Waals surface area contributed by atoms with Crippen molar-refractivity contribution in [1.29, 1.82) is 0 Å². The minimum absolute atomic E-state index is 0.176. The second-order valence-electron chi connectivity index (χ2n) is 8.97. The van der Waals surface area contributed by atoms with Crippen LogP contribution in [0.25, 0.3) is 11.1 Å². The number of carboxylic acids is 2. The van der Waals surface area contributed by atoms with Gasteiger partial charge in [0.2, 0.25) is 0 Å². The van der Waals surface area contributed by atoms with E-state index in [1.54, 1.807) is 54.1 Å². The van der Waals surface area contributed by atoms with Gasteiger partial charge in [0.05, 0.1) is 0 Å². The molecule has 0 amide bonds. The fourth-order valence-electron chi connectivity index (χ4n) is 3.41. The number of aliphatic carboxylic acids is 2. The number of benzene rings is 4. The van der Waals surface area contributed by atoms with Gasteiger partial charge in [0, 0.05) is 11.1 Å². The molecule has 214 valence electrons. The second-order valence-corrected chi connectivity index (χ2v) is 8.97. The monoisotopic (exact) mass is 554 g/mol. The van der Waals surface area contributed by atoms with Gasteiger partial charge in [-0.15, -0.1) is 0 Å². The van der Waals surface area contributed by atoms with Gasteiger partial charge in [0.15, 0.2) is 0 Å². The van der Waals surface area contributed by atoms with E-state index in [0.717, 1.165) is 12.8 Å². The molecule has 4 aromatic carbocycles. The summed E-state index contributed by atoms with van der Waals surface area (Å²) in [5.74, 6) is -1.23. The molecule has 41 heavy (non-hydrogen) atoms. The minimum atomic E-state index is -0.935. The van der Waals surface area contributed by atoms with Crippen LogP contribution in [0.2, 0.25) is 0 Å². The highest BCUT2D eigenvalue weighted by Gasteiger charge is 2.19. The van der Waals surface area contributed by atoms with Gasteiger partial charge in [-0.3, -0.25) is 0 Å². The molecule has 0 atom stereocenters. The summed E-state index contributed by atoms with van der Waals surface area (Å²) in [6.45, 7) is 11.4. The van der Waals surface area contributed by atoms with Crippen LogP contribution in [-0.4, -0.2) is 32.4 Å². The average Bonchev–Trinajstić information content (AvgIpc) is 3.34. The molecule has 0 aliphatic heterocycles. The Hall–Kier alpha value is -5.10. The summed E-state index contributed by atoms with van der Waals surface area (Å²) in [5.41, 5.74) is 7.76. The van der Waals surface area contributed by atoms with Crippen LogP contribution in [0.4, 0.5) is 0 Å². The molecule has 0 fully saturated rings. The summed E-state index contributed by atoms with van der Waals surface area (Å²) >= 11 is 0. The Morgan fingerprint density at radius 2 is 1.02 bits per heavy atom. The Balaban J connectivity index is 0.000000277. The van der Waals surface area contributed by atoms with Gasteiger partial charge in [-0.25, -0.2) is 9.59 Å². The zero-order valence-electron chi connectivity index (χ0n) is 23.7. The number of rotatable bonds is 3. The number of carbonyl (C=O) groups is 2. The van der Waals surface area contributed by atoms with Gasteiger partial charge in [0.1, 0.15) is 11.5 Å². The summed E-state index contributed by atoms with van der Waals surface area (Å²) in [7, 11) is 0. The lowest BCUT2D eigenvalue weighted by Gasteiger charge is -2.05. The number of hydrogen-bond acceptors (Lipinski definition) is 4. The third kappa shape index (κ3) is 13.0. The molecule has 0 saturated heterocycles. The lowest BCUT2D eigenvalue weighted by atomic mass is 10.00. The molecule has 6 heteroatoms. The predicted molar refractivity (Wildman–Crippen MR) is 165 cm³/mol. The maximum Gasteiger partial charge on any atom is 0.330 e. The van der Waals surface area contributed by atoms with Crippen molar-refractivity contribution >= 4 is 11.9 Å². The number of aryl methyl sites for hydroxylation is 1. The highest BCUT2D eigenvalue weighted by molar-refractivity contribution is 5.85. The molecule has 0 heterocycles. The number of hydrogen-bond donors (Lipinski definition) is 4. The van der Waals surface area contributed by atoms with Gasteiger partial charge >= 0.3 is 11.9 Å². The number of phenols is 2. The molecular formula is C35H38O6. The number of phenolic OH excluding ortho intramolecular Hbond substituents is 2. The van der Waals surface area contributed by atoms with E-state index in [-0.39, 0.29) is 11.1 Å². The zero-order chi connectivity index (χ0) is 30.8. The van der Waals surface area contributed by atoms with Crippen LogP contribution in [-0.2, 0) is 22.4 Å². The van der Waals surface area contributed by atoms with Crippen LogP contribution >= 0.6 is 0 Å². The largest absolute Gasteiger partial charge is 0.508 e. The van der Waals surface area contributed by atoms with E-state index in [1.807, 2.05) is 12.1 Å². The van der Waals surface area contributed by atoms with Crippen LogP contribution in [0.1, 0.15) is 37.5 Å². The van der Waals surface area contributed by atoms with Crippen molar-refractivity contribution in [2.45, 2.75) is 33.6 Å². The van der Waals surface area contributed by atoms with Crippen molar-refractivity contribution in [2.24, 2.45) is 0 Å². The topological polar surface area (TPSA) is 115 Å². The fourth-order valence-corrected chi connectivity index (χ4v) is 3.41. The Bertz CT molecular complexity index is 1320. The molecule has 1 aliphatic carbocycles. The first-order valence-electron chi connectivity index (χ1n) is 12.9. The Morgan fingerprint density at radius 3 is 1.39 bits per heavy atom. The molecule has 5 rings (SSSR count). The van der Waals surface area contributed by atoms with Crippen LogP contribution in [0.3, 0.4) is 0 Å². The lowest BCUT2D eigenvalue weighted by Crippen LogP contribution is -1.92. The van der Waals surface area contributed by atoms with Crippen molar-refractivity contribution < 1.29 is 30.0 Å². The van der Waals surface area contributed by atoms with E-state index in [4.69, 9.17) is 20.4 Å². The zero-order valence-corrected chi connectivity index (χ0v) is 23.7. The predicted octanol–water partition coefficient (Wildman–Crippen LogP) is 7.90. The lowest BCUT2D eigenvalue weighted by molar-refractivity contribution is -0.133. The van der Waals surface area contributed by atoms with E-state index in [1.165, 1.54) is 36.1 Å². The summed E-state index contributed by atoms with van der Waals surface area (Å²) < 4.78 is 0. The third-order valence-corrected chi connectivity index (χ3v) is 5.57. The number of para-hydroxylation sites is 2. The van der Waals surface area contributed by atoms with Gasteiger partial charge in [-0.05, 0) is 78.8 Å². The van der Waals surface area contributed by atoms with Gasteiger partial charge in [-0.2, -0.15) is 0 Å². The summed E-state index contributed by atoms with van der Waals surface area (Å²) in [5, 5.41) is 33.0. The molecule has 0 unspecified atom stereocenters. The van der Waals surface area contributed by atoms with Crippen LogP contribution in [0, 0.1) is 0 Å². The molecule has 4 aromatic rings. The maximum absolute atomic E-state index is 9.60. The third-order valence-electron chi connectivity index (χ3n) is 5.57. The molecule has 0 spiro atoms. The van der Waals surface area contributed by atoms with Crippen molar-refractivity contribution in [3.8, 4) is 22.6 Å². The molecule has 1 aliphatic rings. The Morgan fingerprint density at radius 1 is 0.634 bits per heavy atom. The van der Waals surface area contributed by atoms with Crippen LogP contribution < -0.4 is 0 Å². The highest BCUT2D eigenvalue weighted by Crippen LogP contribution is 2.38. The van der Waals surface area contributed by atoms with E-state index in [2.05, 4.69) is 62.5 Å². The second kappa shape index (κ2) is 18.2. The maximum atomic E-state index is 9.60. The molecule has 0 aromatic heterocycles. The van der Waals surface area contributed by atoms with Crippen molar-refractivity contribution in [3.63, 3.8) is 0 Å². The van der Waals surface area contributed by atoms with Gasteiger partial charge in [0.25, 0.3) is 0 Å². The molecule has 0 bridgehead atoms. The van der Waals surface area contributed by atoms with Crippen molar-refractivity contribution in [1.82, 2.24) is 0 Å². The van der Waals surface area contributed by atoms with Gasteiger partial charge < -0.3 is 20.4 Å². The average molecular weight is 555 g/mol. The number of fused-ring (bicyclic) bond motifs is 3. The first-order valence-corrected chi connectivity index (χ1v) is 12.9. The molecule has 4 N–H and O–H groups in total. The van der Waals surface area contributed by atoms with E-state index in [0.29, 0.717) is 11.5 Å². The highest BCUT2D eigenvalue weighted by atomic mass is 16.4. The Labute approximate surface area is 242 Å². The Kier molecular flexibility index (Phi) is 15.1. The normalized spacial score (nSPS) is 9.63. The van der Waals surface area contributed by atoms with Crippen LogP contribution in [0.15, 0.2) is 127 Å². The van der Waals surface area contributed by atoms with Crippen molar-refractivity contribution in [3.05, 3.63) is 144 Å². The van der Waals surface area contributed by atoms with E-state index < -0.39 is 11.9 Å². The van der Waals surface area contributed by atoms with Gasteiger partial charge in [-0.1, -0.05) is 98.9 Å². The summed E-state index contributed by atoms with van der Waals surface area (Å²) in [6.07, 6.45) is 2.26. The van der Waals surface area contributed by atoms with Crippen molar-refractivity contribution in [2.75, 3.05) is 0 Å². The number of aromatic hydroxyl groups is 2. The quantitative estimate of drug-likeness (QED) is 0.169. The fraction of sp³-hybridized carbons (Fsp3) is 0.143. The molecule has 6 nitrogen and oxygen atoms in total. The molecule has 0 radical (unpaired) electrons. The SMILES string of the molecule is C=C(C)C(=O)O.C=C(C)C(=O)O.CCc1cccc2c1Cc1ccccc1-2.Oc1ccccc1.Oc1ccccc1. The first kappa shape index (κ1) is 33.9. The standard InChI is InChI=1S/C15H14.2C6H6O.2C4H6O2/c1-2-11-7-5-9-14-13-8-4-3-6-12(13)10-15(11)14;2*7-6-4-2-1-3-5-6;2*1-3(2)4(5)6/h3-9H,2,10H2,1H3;2*1-5,7H;2*1H2,2H3,(H,5,6). The first-order chi connectivity index (χ1) is 19.5. The summed E-state index contributed by atoms with van der Waals surface area (Å²) in [4.78, 5) is 19.2. The van der Waals surface area contributed by atoms with E-state index >= 15 is 0 Å². The van der Waals surface area contributed by atoms with E-state index in [9.17, 15) is 9.59 Å². The summed E-state index contributed by atoms with van der Waals surface area (Å²) in [6, 6.07) is 32.9. The minimum Gasteiger partial charge on any atom is -0.508 e. The molecular weight excluding hydrogens is 516 g/mol. The van der Waals surface area contributed by atoms with Crippen LogP contribution in [0.5, 0.6) is 11.5 Å². The number of carboxylic acid groups (broad SMARTS) is 2. The smallest absolute Gasteiger partial charge is 0.330 e. The molecule has 0 saturated carbocycles.